The summed E-state index contributed by atoms with van der Waals surface area (Å²) in [5.74, 6) is 0.158. The smallest absolute Gasteiger partial charge is 0.221 e. The molecule has 1 rings (SSSR count). The van der Waals surface area contributed by atoms with E-state index >= 15 is 0 Å². The summed E-state index contributed by atoms with van der Waals surface area (Å²) in [5.41, 5.74) is 0. The fourth-order valence-electron chi connectivity index (χ4n) is 6.59. The minimum Gasteiger partial charge on any atom is -0.373 e. The average Bonchev–Trinajstić information content (AvgIpc) is 3.20. The molecule has 0 aromatic rings. The molecule has 17 nitrogen and oxygen atoms in total. The molecule has 1 fully saturated rings. The van der Waals surface area contributed by atoms with Crippen LogP contribution in [0.25, 0.3) is 0 Å². The van der Waals surface area contributed by atoms with Crippen LogP contribution in [0, 0.1) is 0 Å². The van der Waals surface area contributed by atoms with E-state index < -0.39 is 30.7 Å². The lowest BCUT2D eigenvalue weighted by Crippen LogP contribution is -2.63. The molecule has 1 saturated heterocycles. The molecule has 1 aliphatic heterocycles. The monoisotopic (exact) mass is 901 g/mol. The van der Waals surface area contributed by atoms with E-state index in [1.54, 1.807) is 0 Å². The van der Waals surface area contributed by atoms with Gasteiger partial charge in [-0.05, 0) is 32.1 Å². The maximum Gasteiger partial charge on any atom is 0.221 e. The minimum atomic E-state index is -0.818. The number of Topliss-reactive ketones (excluding diaryl/α,β-unsaturated/α-hetero) is 1. The average molecular weight is 901 g/mol. The topological polar surface area (TPSA) is 211 Å². The number of ether oxygens (including phenoxy) is 5. The Balaban J connectivity index is 3.19. The largest absolute Gasteiger partial charge is 0.373 e. The Morgan fingerprint density at radius 2 is 0.794 bits per heavy atom. The molecule has 5 atom stereocenters. The van der Waals surface area contributed by atoms with Gasteiger partial charge in [-0.2, -0.15) is 0 Å². The second-order valence-electron chi connectivity index (χ2n) is 18.0. The summed E-state index contributed by atoms with van der Waals surface area (Å²) >= 11 is 0. The summed E-state index contributed by atoms with van der Waals surface area (Å²) in [6.07, 6.45) is 2.11. The van der Waals surface area contributed by atoms with Crippen molar-refractivity contribution in [3.05, 3.63) is 0 Å². The SMILES string of the molecule is CC(C)NCCC(=O)CCCCOC1C(CNC(C)C)OC(OCCCNC(=O)CCNC(C)C)C(OCCCNC(=O)CCNC(C)C)C1OCCCNC(=O)CCNC(C)C. The van der Waals surface area contributed by atoms with Crippen molar-refractivity contribution in [2.45, 2.75) is 194 Å². The van der Waals surface area contributed by atoms with Crippen LogP contribution < -0.4 is 42.5 Å². The van der Waals surface area contributed by atoms with Gasteiger partial charge >= 0.3 is 0 Å². The number of hydrogen-bond acceptors (Lipinski definition) is 14. The minimum absolute atomic E-state index is 0.0220. The second-order valence-corrected chi connectivity index (χ2v) is 18.0. The van der Waals surface area contributed by atoms with Gasteiger partial charge in [-0.1, -0.05) is 69.2 Å². The van der Waals surface area contributed by atoms with Crippen LogP contribution in [-0.4, -0.2) is 163 Å². The lowest BCUT2D eigenvalue weighted by Gasteiger charge is -2.46. The van der Waals surface area contributed by atoms with Crippen LogP contribution >= 0.6 is 0 Å². The molecule has 5 unspecified atom stereocenters. The highest BCUT2D eigenvalue weighted by Crippen LogP contribution is 2.30. The summed E-state index contributed by atoms with van der Waals surface area (Å²) < 4.78 is 33.1. The molecule has 0 bridgehead atoms. The van der Waals surface area contributed by atoms with Gasteiger partial charge in [0.25, 0.3) is 0 Å². The zero-order valence-electron chi connectivity index (χ0n) is 41.0. The van der Waals surface area contributed by atoms with E-state index in [1.807, 2.05) is 41.5 Å². The van der Waals surface area contributed by atoms with Crippen LogP contribution in [0.2, 0.25) is 0 Å². The number of carbonyl (C=O) groups excluding carboxylic acids is 4. The van der Waals surface area contributed by atoms with E-state index in [2.05, 4.69) is 70.2 Å². The van der Waals surface area contributed by atoms with Crippen molar-refractivity contribution >= 4 is 23.5 Å². The molecule has 63 heavy (non-hydrogen) atoms. The number of ketones is 1. The summed E-state index contributed by atoms with van der Waals surface area (Å²) in [4.78, 5) is 49.9. The molecule has 8 N–H and O–H groups in total. The van der Waals surface area contributed by atoms with Crippen molar-refractivity contribution in [3.63, 3.8) is 0 Å². The zero-order valence-corrected chi connectivity index (χ0v) is 41.0. The third-order valence-electron chi connectivity index (χ3n) is 9.98. The number of carbonyl (C=O) groups is 4. The molecule has 3 amide bonds. The van der Waals surface area contributed by atoms with Crippen LogP contribution in [0.4, 0.5) is 0 Å². The third-order valence-corrected chi connectivity index (χ3v) is 9.98. The van der Waals surface area contributed by atoms with Gasteiger partial charge in [0.1, 0.15) is 30.2 Å². The summed E-state index contributed by atoms with van der Waals surface area (Å²) in [7, 11) is 0. The van der Waals surface area contributed by atoms with Crippen LogP contribution in [0.15, 0.2) is 0 Å². The van der Waals surface area contributed by atoms with E-state index in [1.165, 1.54) is 0 Å². The lowest BCUT2D eigenvalue weighted by molar-refractivity contribution is -0.317. The molecule has 1 heterocycles. The van der Waals surface area contributed by atoms with E-state index in [0.717, 1.165) is 0 Å². The Hall–Kier alpha value is -2.32. The van der Waals surface area contributed by atoms with Gasteiger partial charge in [0.2, 0.25) is 17.7 Å². The number of hydrogen-bond donors (Lipinski definition) is 8. The summed E-state index contributed by atoms with van der Waals surface area (Å²) in [5, 5.41) is 25.6. The van der Waals surface area contributed by atoms with Gasteiger partial charge in [0.05, 0.1) is 6.61 Å². The number of nitrogens with one attached hydrogen (secondary N) is 8. The first-order valence-corrected chi connectivity index (χ1v) is 24.2. The number of rotatable bonds is 40. The molecule has 0 aromatic heterocycles. The Morgan fingerprint density at radius 1 is 0.413 bits per heavy atom. The van der Waals surface area contributed by atoms with Crippen LogP contribution in [0.5, 0.6) is 0 Å². The maximum absolute atomic E-state index is 12.6. The third kappa shape index (κ3) is 32.1. The van der Waals surface area contributed by atoms with Gasteiger partial charge in [-0.15, -0.1) is 0 Å². The van der Waals surface area contributed by atoms with E-state index in [4.69, 9.17) is 23.7 Å². The van der Waals surface area contributed by atoms with Crippen molar-refractivity contribution in [1.29, 1.82) is 0 Å². The molecule has 0 aromatic carbocycles. The van der Waals surface area contributed by atoms with Crippen molar-refractivity contribution in [1.82, 2.24) is 42.5 Å². The highest BCUT2D eigenvalue weighted by molar-refractivity contribution is 5.78. The lowest BCUT2D eigenvalue weighted by atomic mass is 9.97. The Labute approximate surface area is 381 Å². The van der Waals surface area contributed by atoms with Crippen LogP contribution in [0.3, 0.4) is 0 Å². The highest BCUT2D eigenvalue weighted by Gasteiger charge is 2.48. The molecule has 0 radical (unpaired) electrons. The zero-order chi connectivity index (χ0) is 46.8. The van der Waals surface area contributed by atoms with E-state index in [-0.39, 0.29) is 29.5 Å². The second kappa shape index (κ2) is 36.8. The van der Waals surface area contributed by atoms with Gasteiger partial charge in [-0.25, -0.2) is 0 Å². The summed E-state index contributed by atoms with van der Waals surface area (Å²) in [6, 6.07) is 1.44. The first-order valence-electron chi connectivity index (χ1n) is 24.2. The van der Waals surface area contributed by atoms with E-state index in [0.29, 0.717) is 167 Å². The molecular formula is C46H92N8O9. The number of unbranched alkanes of at least 4 members (excludes halogenated alkanes) is 1. The van der Waals surface area contributed by atoms with Gasteiger partial charge in [0, 0.05) is 134 Å². The molecule has 17 heteroatoms. The van der Waals surface area contributed by atoms with E-state index in [9.17, 15) is 19.2 Å². The Morgan fingerprint density at radius 3 is 1.24 bits per heavy atom. The molecule has 370 valence electrons. The quantitative estimate of drug-likeness (QED) is 0.0416. The van der Waals surface area contributed by atoms with Crippen molar-refractivity contribution < 1.29 is 42.9 Å². The van der Waals surface area contributed by atoms with Gasteiger partial charge < -0.3 is 66.2 Å². The number of amides is 3. The molecule has 0 saturated carbocycles. The fourth-order valence-corrected chi connectivity index (χ4v) is 6.59. The summed E-state index contributed by atoms with van der Waals surface area (Å²) in [6.45, 7) is 26.2. The molecule has 1 aliphatic rings. The molecule has 0 aliphatic carbocycles. The van der Waals surface area contributed by atoms with Crippen molar-refractivity contribution in [3.8, 4) is 0 Å². The Kier molecular flexibility index (Phi) is 34.3. The predicted molar refractivity (Wildman–Crippen MR) is 250 cm³/mol. The van der Waals surface area contributed by atoms with Crippen molar-refractivity contribution in [2.75, 3.05) is 78.8 Å². The van der Waals surface area contributed by atoms with Gasteiger partial charge in [0.15, 0.2) is 6.29 Å². The molecular weight excluding hydrogens is 809 g/mol. The highest BCUT2D eigenvalue weighted by atomic mass is 16.7. The standard InChI is InChI=1S/C46H92N8O9/c1-33(2)47-24-17-38(55)16-11-12-28-59-43-39(32-54-37(9)10)63-46(62-31-15-23-53-42(58)20-27-50-36(7)8)45(61-30-14-22-52-41(57)19-26-49-35(5)6)44(43)60-29-13-21-51-40(56)18-25-48-34(3)4/h33-37,39,43-50,54H,11-32H2,1-10H3,(H,51,56)(H,52,57)(H,53,58). The maximum atomic E-state index is 12.6. The first-order chi connectivity index (χ1) is 30.1. The Bertz CT molecular complexity index is 1200. The normalized spacial score (nSPS) is 19.1. The van der Waals surface area contributed by atoms with Crippen LogP contribution in [0.1, 0.15) is 133 Å². The first kappa shape index (κ1) is 58.7. The predicted octanol–water partition coefficient (Wildman–Crippen LogP) is 2.69. The van der Waals surface area contributed by atoms with Crippen molar-refractivity contribution in [2.24, 2.45) is 0 Å². The van der Waals surface area contributed by atoms with Crippen LogP contribution in [-0.2, 0) is 42.9 Å². The molecule has 0 spiro atoms. The fraction of sp³-hybridized carbons (Fsp3) is 0.913. The van der Waals surface area contributed by atoms with Gasteiger partial charge in [-0.3, -0.25) is 19.2 Å².